The lowest BCUT2D eigenvalue weighted by Crippen LogP contribution is -2.48. The second kappa shape index (κ2) is 7.20. The van der Waals surface area contributed by atoms with Gasteiger partial charge in [0.25, 0.3) is 0 Å². The molecule has 1 heterocycles. The number of H-pyrrole nitrogens is 2. The summed E-state index contributed by atoms with van der Waals surface area (Å²) in [7, 11) is -4.14. The van der Waals surface area contributed by atoms with E-state index in [1.54, 1.807) is 6.26 Å². The molecule has 0 saturated heterocycles. The van der Waals surface area contributed by atoms with Gasteiger partial charge in [0, 0.05) is 0 Å². The van der Waals surface area contributed by atoms with Crippen LogP contribution in [-0.4, -0.2) is 42.4 Å². The zero-order valence-electron chi connectivity index (χ0n) is 12.5. The maximum Gasteiger partial charge on any atom is 0.314 e. The average molecular weight is 372 g/mol. The molecule has 0 bridgehead atoms. The Balaban J connectivity index is 2.39. The quantitative estimate of drug-likeness (QED) is 0.493. The van der Waals surface area contributed by atoms with Crippen LogP contribution >= 0.6 is 11.8 Å². The number of hydrogen-bond acceptors (Lipinski definition) is 7. The molecule has 130 valence electrons. The van der Waals surface area contributed by atoms with Gasteiger partial charge in [-0.25, -0.2) is 13.1 Å². The predicted octanol–water partition coefficient (Wildman–Crippen LogP) is -1.63. The van der Waals surface area contributed by atoms with E-state index in [9.17, 15) is 27.9 Å². The van der Waals surface area contributed by atoms with E-state index in [1.807, 2.05) is 0 Å². The Bertz CT molecular complexity index is 979. The van der Waals surface area contributed by atoms with Crippen LogP contribution in [0.15, 0.2) is 32.7 Å². The van der Waals surface area contributed by atoms with Crippen molar-refractivity contribution in [2.75, 3.05) is 12.0 Å². The summed E-state index contributed by atoms with van der Waals surface area (Å²) < 4.78 is 26.7. The third kappa shape index (κ3) is 4.04. The van der Waals surface area contributed by atoms with E-state index < -0.39 is 33.2 Å². The van der Waals surface area contributed by atoms with Crippen LogP contribution in [0.25, 0.3) is 11.0 Å². The van der Waals surface area contributed by atoms with Gasteiger partial charge in [0.2, 0.25) is 10.0 Å². The first kappa shape index (κ1) is 18.2. The Kier molecular flexibility index (Phi) is 5.47. The first-order valence-corrected chi connectivity index (χ1v) is 9.61. The maximum absolute atomic E-state index is 12.3. The molecule has 9 nitrogen and oxygen atoms in total. The number of carboxylic acids is 1. The lowest BCUT2D eigenvalue weighted by atomic mass is 10.2. The lowest BCUT2D eigenvalue weighted by molar-refractivity contribution is -0.308. The SMILES string of the molecule is CSCC[C@@H](NS(=O)(=O)c1ccc2[nH]c(=O)c(=O)[nH]c2c1)C(=O)[O-]. The molecule has 0 fully saturated rings. The minimum absolute atomic E-state index is 0.0699. The van der Waals surface area contributed by atoms with Gasteiger partial charge in [0.1, 0.15) is 0 Å². The number of carboxylic acid groups (broad SMARTS) is 1. The molecular weight excluding hydrogens is 358 g/mol. The molecule has 0 aliphatic rings. The van der Waals surface area contributed by atoms with Crippen molar-refractivity contribution in [2.45, 2.75) is 17.4 Å². The number of carbonyl (C=O) groups excluding carboxylic acids is 1. The summed E-state index contributed by atoms with van der Waals surface area (Å²) in [4.78, 5) is 37.9. The first-order valence-electron chi connectivity index (χ1n) is 6.73. The third-order valence-corrected chi connectivity index (χ3v) is 5.31. The predicted molar refractivity (Wildman–Crippen MR) is 87.3 cm³/mol. The normalized spacial score (nSPS) is 13.0. The number of carbonyl (C=O) groups is 1. The second-order valence-corrected chi connectivity index (χ2v) is 7.59. The van der Waals surface area contributed by atoms with Gasteiger partial charge < -0.3 is 19.9 Å². The van der Waals surface area contributed by atoms with Crippen LogP contribution in [0.4, 0.5) is 0 Å². The molecule has 3 N–H and O–H groups in total. The number of aliphatic carboxylic acids is 1. The van der Waals surface area contributed by atoms with Crippen LogP contribution in [0.1, 0.15) is 6.42 Å². The molecule has 0 amide bonds. The summed E-state index contributed by atoms with van der Waals surface area (Å²) in [5, 5.41) is 11.1. The van der Waals surface area contributed by atoms with Crippen molar-refractivity contribution in [3.8, 4) is 0 Å². The fourth-order valence-corrected chi connectivity index (χ4v) is 3.69. The van der Waals surface area contributed by atoms with Crippen molar-refractivity contribution in [1.29, 1.82) is 0 Å². The van der Waals surface area contributed by atoms with Crippen molar-refractivity contribution in [1.82, 2.24) is 14.7 Å². The van der Waals surface area contributed by atoms with Gasteiger partial charge in [-0.1, -0.05) is 0 Å². The molecular formula is C13H14N3O6S2-. The molecule has 0 aliphatic heterocycles. The first-order chi connectivity index (χ1) is 11.2. The smallest absolute Gasteiger partial charge is 0.314 e. The van der Waals surface area contributed by atoms with E-state index in [1.165, 1.54) is 23.9 Å². The molecule has 0 aliphatic carbocycles. The number of fused-ring (bicyclic) bond motifs is 1. The molecule has 1 atom stereocenters. The Hall–Kier alpha value is -2.11. The van der Waals surface area contributed by atoms with Crippen LogP contribution in [-0.2, 0) is 14.8 Å². The minimum atomic E-state index is -4.14. The van der Waals surface area contributed by atoms with Gasteiger partial charge >= 0.3 is 11.1 Å². The summed E-state index contributed by atoms with van der Waals surface area (Å²) in [5.41, 5.74) is -1.42. The van der Waals surface area contributed by atoms with E-state index in [0.717, 1.165) is 6.07 Å². The van der Waals surface area contributed by atoms with Crippen molar-refractivity contribution in [3.05, 3.63) is 38.9 Å². The number of hydrogen-bond donors (Lipinski definition) is 3. The number of aromatic amines is 2. The highest BCUT2D eigenvalue weighted by atomic mass is 32.2. The molecule has 0 radical (unpaired) electrons. The Labute approximate surface area is 140 Å². The average Bonchev–Trinajstić information content (AvgIpc) is 2.51. The molecule has 2 aromatic rings. The Morgan fingerprint density at radius 1 is 1.25 bits per heavy atom. The van der Waals surface area contributed by atoms with Crippen LogP contribution in [0.5, 0.6) is 0 Å². The van der Waals surface area contributed by atoms with Gasteiger partial charge in [-0.2, -0.15) is 11.8 Å². The summed E-state index contributed by atoms with van der Waals surface area (Å²) in [6.07, 6.45) is 1.84. The lowest BCUT2D eigenvalue weighted by Gasteiger charge is -2.19. The van der Waals surface area contributed by atoms with Crippen LogP contribution < -0.4 is 20.9 Å². The van der Waals surface area contributed by atoms with E-state index in [4.69, 9.17) is 0 Å². The number of nitrogens with one attached hydrogen (secondary N) is 3. The molecule has 2 rings (SSSR count). The number of thioether (sulfide) groups is 1. The molecule has 1 aromatic carbocycles. The van der Waals surface area contributed by atoms with Gasteiger partial charge in [-0.05, 0) is 36.6 Å². The number of sulfonamides is 1. The number of rotatable bonds is 7. The summed E-state index contributed by atoms with van der Waals surface area (Å²) >= 11 is 1.37. The monoisotopic (exact) mass is 372 g/mol. The molecule has 0 spiro atoms. The van der Waals surface area contributed by atoms with Crippen molar-refractivity contribution in [3.63, 3.8) is 0 Å². The van der Waals surface area contributed by atoms with Crippen molar-refractivity contribution in [2.24, 2.45) is 0 Å². The zero-order chi connectivity index (χ0) is 17.9. The van der Waals surface area contributed by atoms with Crippen LogP contribution in [0, 0.1) is 0 Å². The molecule has 24 heavy (non-hydrogen) atoms. The minimum Gasteiger partial charge on any atom is -0.548 e. The van der Waals surface area contributed by atoms with Gasteiger partial charge in [0.05, 0.1) is 27.9 Å². The van der Waals surface area contributed by atoms with Gasteiger partial charge in [0.15, 0.2) is 0 Å². The topological polar surface area (TPSA) is 152 Å². The molecule has 11 heteroatoms. The zero-order valence-corrected chi connectivity index (χ0v) is 14.1. The summed E-state index contributed by atoms with van der Waals surface area (Å²) in [6.45, 7) is 0. The van der Waals surface area contributed by atoms with E-state index in [0.29, 0.717) is 5.75 Å². The molecule has 1 aromatic heterocycles. The highest BCUT2D eigenvalue weighted by Crippen LogP contribution is 2.15. The highest BCUT2D eigenvalue weighted by Gasteiger charge is 2.21. The fraction of sp³-hybridized carbons (Fsp3) is 0.308. The van der Waals surface area contributed by atoms with E-state index >= 15 is 0 Å². The largest absolute Gasteiger partial charge is 0.548 e. The van der Waals surface area contributed by atoms with Gasteiger partial charge in [-0.3, -0.25) is 9.59 Å². The fourth-order valence-electron chi connectivity index (χ4n) is 1.98. The van der Waals surface area contributed by atoms with E-state index in [2.05, 4.69) is 14.7 Å². The molecule has 0 saturated carbocycles. The number of benzene rings is 1. The Morgan fingerprint density at radius 3 is 2.46 bits per heavy atom. The van der Waals surface area contributed by atoms with E-state index in [-0.39, 0.29) is 22.3 Å². The van der Waals surface area contributed by atoms with Crippen LogP contribution in [0.2, 0.25) is 0 Å². The summed E-state index contributed by atoms with van der Waals surface area (Å²) in [5.74, 6) is -1.08. The van der Waals surface area contributed by atoms with Crippen LogP contribution in [0.3, 0.4) is 0 Å². The Morgan fingerprint density at radius 2 is 1.88 bits per heavy atom. The standard InChI is InChI=1S/C13H15N3O6S2/c1-23-5-4-9(13(19)20)16-24(21,22)7-2-3-8-10(6-7)15-12(18)11(17)14-8/h2-3,6,9,16H,4-5H2,1H3,(H,14,17)(H,15,18)(H,19,20)/p-1/t9-/m1/s1. The molecule has 0 unspecified atom stereocenters. The van der Waals surface area contributed by atoms with Crippen molar-refractivity contribution < 1.29 is 18.3 Å². The summed E-state index contributed by atoms with van der Waals surface area (Å²) in [6, 6.07) is 2.26. The van der Waals surface area contributed by atoms with Gasteiger partial charge in [-0.15, -0.1) is 0 Å². The highest BCUT2D eigenvalue weighted by molar-refractivity contribution is 7.98. The third-order valence-electron chi connectivity index (χ3n) is 3.20. The number of aromatic nitrogens is 2. The van der Waals surface area contributed by atoms with Crippen molar-refractivity contribution >= 4 is 38.8 Å². The maximum atomic E-state index is 12.3. The second-order valence-electron chi connectivity index (χ2n) is 4.89.